The predicted octanol–water partition coefficient (Wildman–Crippen LogP) is -0.0134. The van der Waals surface area contributed by atoms with Crippen molar-refractivity contribution in [1.29, 1.82) is 0 Å². The number of nitrogens with two attached hydrogens (primary N) is 1. The Labute approximate surface area is 109 Å². The number of carboxylic acid groups (broad SMARTS) is 1. The van der Waals surface area contributed by atoms with Crippen LogP contribution in [0.2, 0.25) is 0 Å². The summed E-state index contributed by atoms with van der Waals surface area (Å²) in [5.41, 5.74) is 6.14. The number of carbonyl (C=O) groups is 2. The summed E-state index contributed by atoms with van der Waals surface area (Å²) >= 11 is 1.62. The van der Waals surface area contributed by atoms with Crippen molar-refractivity contribution in [3.05, 3.63) is 12.4 Å². The van der Waals surface area contributed by atoms with Gasteiger partial charge in [-0.2, -0.15) is 16.9 Å². The molecule has 0 aliphatic rings. The smallest absolute Gasteiger partial charge is 0.325 e. The number of carbonyl (C=O) groups excluding carboxylic acids is 1. The zero-order valence-corrected chi connectivity index (χ0v) is 10.8. The number of aromatic nitrogens is 2. The van der Waals surface area contributed by atoms with Crippen LogP contribution in [0.5, 0.6) is 0 Å². The van der Waals surface area contributed by atoms with Crippen molar-refractivity contribution in [3.63, 3.8) is 0 Å². The Morgan fingerprint density at radius 2 is 2.39 bits per heavy atom. The molecule has 1 heterocycles. The predicted molar refractivity (Wildman–Crippen MR) is 69.5 cm³/mol. The third-order valence-electron chi connectivity index (χ3n) is 2.17. The zero-order valence-electron chi connectivity index (χ0n) is 10.00. The quantitative estimate of drug-likeness (QED) is 0.643. The second-order valence-electron chi connectivity index (χ2n) is 3.70. The lowest BCUT2D eigenvalue weighted by Gasteiger charge is -2.09. The highest BCUT2D eigenvalue weighted by Crippen LogP contribution is 2.06. The lowest BCUT2D eigenvalue weighted by Crippen LogP contribution is -2.35. The summed E-state index contributed by atoms with van der Waals surface area (Å²) in [4.78, 5) is 22.1. The molecule has 1 rings (SSSR count). The molecule has 1 aromatic heterocycles. The Balaban J connectivity index is 2.48. The molecular formula is C10H16N4O3S. The number of aliphatic carboxylic acids is 1. The number of nitrogens with one attached hydrogen (secondary N) is 1. The van der Waals surface area contributed by atoms with E-state index in [9.17, 15) is 9.59 Å². The monoisotopic (exact) mass is 272 g/mol. The van der Waals surface area contributed by atoms with Gasteiger partial charge in [-0.3, -0.25) is 14.3 Å². The van der Waals surface area contributed by atoms with Gasteiger partial charge in [-0.05, 0) is 18.4 Å². The van der Waals surface area contributed by atoms with E-state index < -0.39 is 12.0 Å². The summed E-state index contributed by atoms with van der Waals surface area (Å²) in [6, 6.07) is -0.569. The van der Waals surface area contributed by atoms with Gasteiger partial charge in [0.25, 0.3) is 0 Å². The van der Waals surface area contributed by atoms with Crippen LogP contribution in [0.3, 0.4) is 0 Å². The lowest BCUT2D eigenvalue weighted by atomic mass is 10.2. The number of carboxylic acids is 1. The van der Waals surface area contributed by atoms with Crippen LogP contribution < -0.4 is 11.1 Å². The fraction of sp³-hybridized carbons (Fsp3) is 0.500. The minimum Gasteiger partial charge on any atom is -0.480 e. The van der Waals surface area contributed by atoms with Gasteiger partial charge in [-0.15, -0.1) is 0 Å². The van der Waals surface area contributed by atoms with Crippen LogP contribution in [0.25, 0.3) is 0 Å². The molecule has 0 fully saturated rings. The fourth-order valence-corrected chi connectivity index (χ4v) is 1.75. The Morgan fingerprint density at radius 1 is 1.67 bits per heavy atom. The summed E-state index contributed by atoms with van der Waals surface area (Å²) in [6.45, 7) is -0.242. The Kier molecular flexibility index (Phi) is 5.66. The van der Waals surface area contributed by atoms with Crippen LogP contribution >= 0.6 is 11.8 Å². The standard InChI is InChI=1S/C10H16N4O3S/c1-18-3-2-8(11)10(17)13-7-4-12-14(5-7)6-9(15)16/h4-5,8H,2-3,6,11H2,1H3,(H,13,17)(H,15,16)/t8-/m0/s1. The van der Waals surface area contributed by atoms with Crippen molar-refractivity contribution in [2.24, 2.45) is 5.73 Å². The molecule has 0 saturated heterocycles. The van der Waals surface area contributed by atoms with E-state index in [-0.39, 0.29) is 12.5 Å². The molecule has 0 unspecified atom stereocenters. The SMILES string of the molecule is CSCC[C@H](N)C(=O)Nc1cnn(CC(=O)O)c1. The Hall–Kier alpha value is -1.54. The summed E-state index contributed by atoms with van der Waals surface area (Å²) in [6.07, 6.45) is 5.38. The van der Waals surface area contributed by atoms with Crippen LogP contribution in [0, 0.1) is 0 Å². The van der Waals surface area contributed by atoms with Crippen LogP contribution in [0.15, 0.2) is 12.4 Å². The molecule has 0 aliphatic heterocycles. The normalized spacial score (nSPS) is 12.1. The number of amides is 1. The van der Waals surface area contributed by atoms with Gasteiger partial charge in [0.05, 0.1) is 17.9 Å². The van der Waals surface area contributed by atoms with Crippen LogP contribution in [0.4, 0.5) is 5.69 Å². The van der Waals surface area contributed by atoms with E-state index in [0.29, 0.717) is 12.1 Å². The van der Waals surface area contributed by atoms with E-state index in [2.05, 4.69) is 10.4 Å². The molecule has 8 heteroatoms. The minimum absolute atomic E-state index is 0.242. The minimum atomic E-state index is -0.993. The summed E-state index contributed by atoms with van der Waals surface area (Å²) < 4.78 is 1.23. The van der Waals surface area contributed by atoms with Crippen LogP contribution in [-0.2, 0) is 16.1 Å². The first-order chi connectivity index (χ1) is 8.52. The van der Waals surface area contributed by atoms with E-state index in [4.69, 9.17) is 10.8 Å². The highest BCUT2D eigenvalue weighted by Gasteiger charge is 2.14. The maximum atomic E-state index is 11.7. The van der Waals surface area contributed by atoms with Crippen molar-refractivity contribution >= 4 is 29.3 Å². The molecule has 100 valence electrons. The number of nitrogens with zero attached hydrogens (tertiary/aromatic N) is 2. The lowest BCUT2D eigenvalue weighted by molar-refractivity contribution is -0.137. The first-order valence-electron chi connectivity index (χ1n) is 5.32. The van der Waals surface area contributed by atoms with Crippen molar-refractivity contribution in [2.75, 3.05) is 17.3 Å². The topological polar surface area (TPSA) is 110 Å². The van der Waals surface area contributed by atoms with Crippen molar-refractivity contribution in [2.45, 2.75) is 19.0 Å². The number of anilines is 1. The van der Waals surface area contributed by atoms with Crippen LogP contribution in [-0.4, -0.2) is 44.8 Å². The number of hydrogen-bond donors (Lipinski definition) is 3. The van der Waals surface area contributed by atoms with Gasteiger partial charge in [0.2, 0.25) is 5.91 Å². The first kappa shape index (κ1) is 14.5. The molecule has 0 spiro atoms. The van der Waals surface area contributed by atoms with Gasteiger partial charge >= 0.3 is 5.97 Å². The van der Waals surface area contributed by atoms with Crippen molar-refractivity contribution in [1.82, 2.24) is 9.78 Å². The van der Waals surface area contributed by atoms with E-state index >= 15 is 0 Å². The number of rotatable bonds is 7. The Morgan fingerprint density at radius 3 is 3.00 bits per heavy atom. The zero-order chi connectivity index (χ0) is 13.5. The second-order valence-corrected chi connectivity index (χ2v) is 4.68. The average Bonchev–Trinajstić information content (AvgIpc) is 2.72. The van der Waals surface area contributed by atoms with Gasteiger partial charge in [0, 0.05) is 6.20 Å². The molecule has 0 radical (unpaired) electrons. The molecule has 0 aliphatic carbocycles. The highest BCUT2D eigenvalue weighted by molar-refractivity contribution is 7.98. The summed E-state index contributed by atoms with van der Waals surface area (Å²) in [5.74, 6) is -0.473. The number of hydrogen-bond acceptors (Lipinski definition) is 5. The van der Waals surface area contributed by atoms with Gasteiger partial charge in [-0.25, -0.2) is 0 Å². The van der Waals surface area contributed by atoms with Crippen molar-refractivity contribution < 1.29 is 14.7 Å². The molecule has 1 aromatic rings. The second kappa shape index (κ2) is 7.02. The van der Waals surface area contributed by atoms with Gasteiger partial charge < -0.3 is 16.2 Å². The molecule has 0 aromatic carbocycles. The van der Waals surface area contributed by atoms with Gasteiger partial charge in [0.1, 0.15) is 6.54 Å². The first-order valence-corrected chi connectivity index (χ1v) is 6.72. The third kappa shape index (κ3) is 4.76. The Bertz CT molecular complexity index is 421. The van der Waals surface area contributed by atoms with Gasteiger partial charge in [0.15, 0.2) is 0 Å². The van der Waals surface area contributed by atoms with E-state index in [1.165, 1.54) is 17.1 Å². The summed E-state index contributed by atoms with van der Waals surface area (Å²) in [7, 11) is 0. The van der Waals surface area contributed by atoms with Crippen molar-refractivity contribution in [3.8, 4) is 0 Å². The summed E-state index contributed by atoms with van der Waals surface area (Å²) in [5, 5.41) is 15.0. The number of thioether (sulfide) groups is 1. The molecule has 0 saturated carbocycles. The van der Waals surface area contributed by atoms with Crippen LogP contribution in [0.1, 0.15) is 6.42 Å². The molecule has 7 nitrogen and oxygen atoms in total. The molecule has 0 bridgehead atoms. The van der Waals surface area contributed by atoms with E-state index in [0.717, 1.165) is 5.75 Å². The average molecular weight is 272 g/mol. The molecule has 18 heavy (non-hydrogen) atoms. The fourth-order valence-electron chi connectivity index (χ4n) is 1.26. The maximum Gasteiger partial charge on any atom is 0.325 e. The molecular weight excluding hydrogens is 256 g/mol. The molecule has 1 atom stereocenters. The molecule has 4 N–H and O–H groups in total. The highest BCUT2D eigenvalue weighted by atomic mass is 32.2. The molecule has 1 amide bonds. The van der Waals surface area contributed by atoms with E-state index in [1.807, 2.05) is 6.26 Å². The van der Waals surface area contributed by atoms with Gasteiger partial charge in [-0.1, -0.05) is 0 Å². The van der Waals surface area contributed by atoms with E-state index in [1.54, 1.807) is 11.8 Å². The largest absolute Gasteiger partial charge is 0.480 e. The maximum absolute atomic E-state index is 11.7. The third-order valence-corrected chi connectivity index (χ3v) is 2.81.